The van der Waals surface area contributed by atoms with Gasteiger partial charge in [-0.15, -0.1) is 0 Å². The summed E-state index contributed by atoms with van der Waals surface area (Å²) in [4.78, 5) is 68.1. The molecule has 1 spiro atoms. The van der Waals surface area contributed by atoms with Crippen molar-refractivity contribution in [3.63, 3.8) is 0 Å². The van der Waals surface area contributed by atoms with Crippen LogP contribution in [0.4, 0.5) is 16.2 Å². The van der Waals surface area contributed by atoms with Gasteiger partial charge in [0.1, 0.15) is 0 Å². The van der Waals surface area contributed by atoms with Crippen LogP contribution in [-0.2, 0) is 22.6 Å². The lowest BCUT2D eigenvalue weighted by Crippen LogP contribution is -2.74. The molecule has 11 heteroatoms. The Labute approximate surface area is 199 Å². The third-order valence-corrected chi connectivity index (χ3v) is 8.17. The Hall–Kier alpha value is -4.02. The molecule has 0 aliphatic carbocycles. The van der Waals surface area contributed by atoms with E-state index in [1.165, 1.54) is 32.3 Å². The Morgan fingerprint density at radius 2 is 1.71 bits per heavy atom. The van der Waals surface area contributed by atoms with Gasteiger partial charge in [0.25, 0.3) is 11.2 Å². The van der Waals surface area contributed by atoms with Crippen LogP contribution >= 0.6 is 0 Å². The number of carbonyl (C=O) groups excluding carboxylic acids is 3. The van der Waals surface area contributed by atoms with E-state index in [-0.39, 0.29) is 29.5 Å². The number of urea groups is 1. The predicted molar refractivity (Wildman–Crippen MR) is 123 cm³/mol. The topological polar surface area (TPSA) is 126 Å². The van der Waals surface area contributed by atoms with Crippen LogP contribution in [0, 0.1) is 21.4 Å². The van der Waals surface area contributed by atoms with Gasteiger partial charge in [0.2, 0.25) is 11.8 Å². The zero-order chi connectivity index (χ0) is 24.8. The van der Waals surface area contributed by atoms with Crippen molar-refractivity contribution in [1.29, 1.82) is 0 Å². The van der Waals surface area contributed by atoms with Crippen molar-refractivity contribution in [2.45, 2.75) is 31.3 Å². The zero-order valence-corrected chi connectivity index (χ0v) is 19.2. The van der Waals surface area contributed by atoms with E-state index in [2.05, 4.69) is 0 Å². The largest absolute Gasteiger partial charge is 0.366 e. The Balaban J connectivity index is 1.63. The summed E-state index contributed by atoms with van der Waals surface area (Å²) in [6.45, 7) is 1.00. The Morgan fingerprint density at radius 3 is 2.40 bits per heavy atom. The molecule has 4 aliphatic rings. The average Bonchev–Trinajstić information content (AvgIpc) is 2.85. The number of rotatable bonds is 1. The average molecular weight is 477 g/mol. The van der Waals surface area contributed by atoms with Crippen molar-refractivity contribution >= 4 is 29.2 Å². The molecule has 2 fully saturated rings. The first-order valence-electron chi connectivity index (χ1n) is 11.5. The van der Waals surface area contributed by atoms with E-state index in [0.717, 1.165) is 21.2 Å². The minimum Gasteiger partial charge on any atom is -0.366 e. The molecule has 0 saturated carbocycles. The van der Waals surface area contributed by atoms with E-state index in [0.29, 0.717) is 25.1 Å². The molecule has 2 saturated heterocycles. The first-order chi connectivity index (χ1) is 16.6. The number of barbiturate groups is 1. The Morgan fingerprint density at radius 1 is 1.00 bits per heavy atom. The number of nitro groups is 1. The van der Waals surface area contributed by atoms with E-state index in [4.69, 9.17) is 0 Å². The highest BCUT2D eigenvalue weighted by atomic mass is 16.6. The van der Waals surface area contributed by atoms with Gasteiger partial charge in [0, 0.05) is 69.1 Å². The molecule has 1 aromatic carbocycles. The molecule has 11 nitrogen and oxygen atoms in total. The van der Waals surface area contributed by atoms with Gasteiger partial charge < -0.3 is 9.47 Å². The summed E-state index contributed by atoms with van der Waals surface area (Å²) >= 11 is 0. The lowest BCUT2D eigenvalue weighted by molar-refractivity contribution is -0.384. The number of nitrogens with zero attached hydrogens (tertiary/aromatic N) is 5. The van der Waals surface area contributed by atoms with Crippen molar-refractivity contribution in [3.8, 4) is 0 Å². The molecule has 5 heterocycles. The maximum Gasteiger partial charge on any atom is 0.332 e. The van der Waals surface area contributed by atoms with Crippen LogP contribution in [-0.4, -0.2) is 63.8 Å². The molecule has 35 heavy (non-hydrogen) atoms. The number of carbonyl (C=O) groups is 3. The van der Waals surface area contributed by atoms with Crippen LogP contribution < -0.4 is 10.5 Å². The number of piperidine rings is 1. The van der Waals surface area contributed by atoms with Crippen molar-refractivity contribution in [3.05, 3.63) is 68.1 Å². The fourth-order valence-corrected chi connectivity index (χ4v) is 6.76. The van der Waals surface area contributed by atoms with E-state index >= 15 is 0 Å². The van der Waals surface area contributed by atoms with Gasteiger partial charge in [-0.1, -0.05) is 6.07 Å². The second-order valence-electron chi connectivity index (χ2n) is 9.93. The minimum absolute atomic E-state index is 0.0664. The maximum atomic E-state index is 13.9. The van der Waals surface area contributed by atoms with Crippen molar-refractivity contribution < 1.29 is 19.3 Å². The number of imide groups is 2. The highest BCUT2D eigenvalue weighted by Gasteiger charge is 2.66. The SMILES string of the molecule is CN1C(=O)N(C)C(=O)C2(Cc3cc([N+](=O)[O-])ccc3N3CC4CC(c5cccc(=O)n5C4)C32)C1=O. The van der Waals surface area contributed by atoms with Gasteiger partial charge in [0.15, 0.2) is 5.41 Å². The Kier molecular flexibility index (Phi) is 4.30. The second-order valence-corrected chi connectivity index (χ2v) is 9.93. The number of aromatic nitrogens is 1. The maximum absolute atomic E-state index is 13.9. The molecule has 6 rings (SSSR count). The number of anilines is 1. The summed E-state index contributed by atoms with van der Waals surface area (Å²) in [5.74, 6) is -1.46. The van der Waals surface area contributed by atoms with Crippen molar-refractivity contribution in [1.82, 2.24) is 14.4 Å². The number of non-ortho nitro benzene ring substituents is 1. The third-order valence-electron chi connectivity index (χ3n) is 8.17. The van der Waals surface area contributed by atoms with Gasteiger partial charge in [-0.3, -0.25) is 34.3 Å². The lowest BCUT2D eigenvalue weighted by Gasteiger charge is -2.59. The van der Waals surface area contributed by atoms with E-state index in [1.807, 2.05) is 11.0 Å². The molecular formula is C24H23N5O6. The minimum atomic E-state index is -1.66. The summed E-state index contributed by atoms with van der Waals surface area (Å²) in [5.41, 5.74) is 0.117. The van der Waals surface area contributed by atoms with Gasteiger partial charge in [0.05, 0.1) is 11.0 Å². The van der Waals surface area contributed by atoms with Crippen LogP contribution in [0.2, 0.25) is 0 Å². The van der Waals surface area contributed by atoms with Gasteiger partial charge in [-0.25, -0.2) is 4.79 Å². The number of hydrogen-bond acceptors (Lipinski definition) is 7. The van der Waals surface area contributed by atoms with Crippen LogP contribution in [0.3, 0.4) is 0 Å². The molecule has 180 valence electrons. The summed E-state index contributed by atoms with van der Waals surface area (Å²) < 4.78 is 1.73. The molecule has 3 unspecified atom stereocenters. The van der Waals surface area contributed by atoms with Crippen LogP contribution in [0.5, 0.6) is 0 Å². The first kappa shape index (κ1) is 21.5. The molecule has 4 amide bonds. The first-order valence-corrected chi connectivity index (χ1v) is 11.5. The molecule has 2 bridgehead atoms. The fourth-order valence-electron chi connectivity index (χ4n) is 6.76. The highest BCUT2D eigenvalue weighted by Crippen LogP contribution is 2.55. The zero-order valence-electron chi connectivity index (χ0n) is 19.2. The van der Waals surface area contributed by atoms with Crippen molar-refractivity contribution in [2.75, 3.05) is 25.5 Å². The Bertz CT molecular complexity index is 1380. The highest BCUT2D eigenvalue weighted by molar-refractivity contribution is 6.20. The number of pyridine rings is 1. The lowest BCUT2D eigenvalue weighted by atomic mass is 9.60. The number of benzene rings is 1. The number of nitro benzene ring substituents is 1. The van der Waals surface area contributed by atoms with Crippen LogP contribution in [0.1, 0.15) is 23.6 Å². The molecule has 1 aromatic heterocycles. The van der Waals surface area contributed by atoms with Gasteiger partial charge in [-0.05, 0) is 30.0 Å². The standard InChI is InChI=1S/C24H23N5O6/c1-25-21(31)24(22(32)26(2)23(25)33)10-14-9-15(29(34)35)6-7-17(14)28-12-13-8-16(20(24)28)18-4-3-5-19(30)27(18)11-13/h3-7,9,13,16,20H,8,10-12H2,1-2H3. The third kappa shape index (κ3) is 2.66. The van der Waals surface area contributed by atoms with E-state index < -0.39 is 34.2 Å². The van der Waals surface area contributed by atoms with Gasteiger partial charge >= 0.3 is 6.03 Å². The van der Waals surface area contributed by atoms with E-state index in [1.54, 1.807) is 16.7 Å². The summed E-state index contributed by atoms with van der Waals surface area (Å²) in [7, 11) is 2.71. The number of amides is 4. The monoisotopic (exact) mass is 477 g/mol. The molecule has 0 N–H and O–H groups in total. The van der Waals surface area contributed by atoms with Crippen LogP contribution in [0.25, 0.3) is 0 Å². The quantitative estimate of drug-likeness (QED) is 0.345. The molecule has 2 aromatic rings. The molecule has 0 radical (unpaired) electrons. The van der Waals surface area contributed by atoms with E-state index in [9.17, 15) is 29.3 Å². The molecular weight excluding hydrogens is 454 g/mol. The van der Waals surface area contributed by atoms with Gasteiger partial charge in [-0.2, -0.15) is 0 Å². The summed E-state index contributed by atoms with van der Waals surface area (Å²) in [6, 6.07) is 8.23. The molecule has 3 atom stereocenters. The smallest absolute Gasteiger partial charge is 0.332 e. The second kappa shape index (κ2) is 7.00. The normalized spacial score (nSPS) is 26.4. The summed E-state index contributed by atoms with van der Waals surface area (Å²) in [6.07, 6.45) is 0.625. The van der Waals surface area contributed by atoms with Crippen molar-refractivity contribution in [2.24, 2.45) is 11.3 Å². The summed E-state index contributed by atoms with van der Waals surface area (Å²) in [5, 5.41) is 11.5. The predicted octanol–water partition coefficient (Wildman–Crippen LogP) is 1.34. The fraction of sp³-hybridized carbons (Fsp3) is 0.417. The number of hydrogen-bond donors (Lipinski definition) is 0. The van der Waals surface area contributed by atoms with Crippen LogP contribution in [0.15, 0.2) is 41.2 Å². The molecule has 4 aliphatic heterocycles. The number of fused-ring (bicyclic) bond motifs is 9.